The molecule has 7 nitrogen and oxygen atoms in total. The molecule has 2 aromatic carbocycles. The maximum Gasteiger partial charge on any atom is 0.271 e. The highest BCUT2D eigenvalue weighted by atomic mass is 19.1. The minimum atomic E-state index is -0.442. The van der Waals surface area contributed by atoms with Crippen LogP contribution >= 0.6 is 0 Å². The Bertz CT molecular complexity index is 1220. The predicted molar refractivity (Wildman–Crippen MR) is 120 cm³/mol. The van der Waals surface area contributed by atoms with E-state index in [1.807, 2.05) is 4.90 Å². The molecule has 8 heteroatoms. The fourth-order valence-corrected chi connectivity index (χ4v) is 3.79. The summed E-state index contributed by atoms with van der Waals surface area (Å²) >= 11 is 0. The molecule has 2 heterocycles. The Kier molecular flexibility index (Phi) is 6.11. The van der Waals surface area contributed by atoms with Crippen molar-refractivity contribution in [2.75, 3.05) is 23.3 Å². The Balaban J connectivity index is 1.42. The van der Waals surface area contributed by atoms with Crippen molar-refractivity contribution in [1.82, 2.24) is 9.78 Å². The molecule has 3 aromatic rings. The standard InChI is InChI=1S/C24H23FN4O3/c1-16(30)18-4-2-6-20(14-18)26-24(32)17-10-12-28(13-11-17)22-8-9-23(31)29(27-22)21-7-3-5-19(25)15-21/h2-9,14-15,17H,10-13H2,1H3,(H,26,32). The third-order valence-electron chi connectivity index (χ3n) is 5.57. The van der Waals surface area contributed by atoms with Gasteiger partial charge in [-0.15, -0.1) is 5.10 Å². The molecule has 32 heavy (non-hydrogen) atoms. The van der Waals surface area contributed by atoms with Crippen molar-refractivity contribution < 1.29 is 14.0 Å². The summed E-state index contributed by atoms with van der Waals surface area (Å²) in [5, 5.41) is 7.30. The molecule has 0 aliphatic carbocycles. The molecular formula is C24H23FN4O3. The first kappa shape index (κ1) is 21.4. The van der Waals surface area contributed by atoms with Crippen molar-refractivity contribution in [2.45, 2.75) is 19.8 Å². The number of aromatic nitrogens is 2. The van der Waals surface area contributed by atoms with Crippen LogP contribution in [0, 0.1) is 11.7 Å². The lowest BCUT2D eigenvalue weighted by atomic mass is 9.95. The van der Waals surface area contributed by atoms with Gasteiger partial charge in [0, 0.05) is 36.3 Å². The first-order chi connectivity index (χ1) is 15.4. The average molecular weight is 434 g/mol. The summed E-state index contributed by atoms with van der Waals surface area (Å²) < 4.78 is 14.7. The van der Waals surface area contributed by atoms with E-state index in [9.17, 15) is 18.8 Å². The van der Waals surface area contributed by atoms with Gasteiger partial charge in [0.05, 0.1) is 5.69 Å². The first-order valence-corrected chi connectivity index (χ1v) is 10.4. The molecular weight excluding hydrogens is 411 g/mol. The van der Waals surface area contributed by atoms with E-state index in [0.29, 0.717) is 48.7 Å². The van der Waals surface area contributed by atoms with Crippen LogP contribution in [0.5, 0.6) is 0 Å². The molecule has 1 N–H and O–H groups in total. The van der Waals surface area contributed by atoms with E-state index < -0.39 is 5.82 Å². The third kappa shape index (κ3) is 4.74. The first-order valence-electron chi connectivity index (χ1n) is 10.4. The van der Waals surface area contributed by atoms with Gasteiger partial charge in [-0.25, -0.2) is 4.39 Å². The molecule has 1 fully saturated rings. The largest absolute Gasteiger partial charge is 0.355 e. The van der Waals surface area contributed by atoms with Crippen molar-refractivity contribution >= 4 is 23.2 Å². The van der Waals surface area contributed by atoms with Crippen LogP contribution in [0.1, 0.15) is 30.1 Å². The molecule has 0 bridgehead atoms. The molecule has 1 aromatic heterocycles. The van der Waals surface area contributed by atoms with Gasteiger partial charge in [0.25, 0.3) is 5.56 Å². The van der Waals surface area contributed by atoms with E-state index in [0.717, 1.165) is 0 Å². The predicted octanol–water partition coefficient (Wildman–Crippen LogP) is 3.43. The van der Waals surface area contributed by atoms with Gasteiger partial charge in [0.1, 0.15) is 11.6 Å². The van der Waals surface area contributed by atoms with Crippen LogP contribution in [0.4, 0.5) is 15.9 Å². The zero-order valence-corrected chi connectivity index (χ0v) is 17.6. The lowest BCUT2D eigenvalue weighted by Crippen LogP contribution is -2.39. The monoisotopic (exact) mass is 434 g/mol. The zero-order chi connectivity index (χ0) is 22.7. The van der Waals surface area contributed by atoms with Gasteiger partial charge < -0.3 is 10.2 Å². The van der Waals surface area contributed by atoms with Crippen LogP contribution < -0.4 is 15.8 Å². The van der Waals surface area contributed by atoms with Crippen LogP contribution in [0.15, 0.2) is 65.5 Å². The number of rotatable bonds is 5. The smallest absolute Gasteiger partial charge is 0.271 e. The fraction of sp³-hybridized carbons (Fsp3) is 0.250. The second kappa shape index (κ2) is 9.13. The highest BCUT2D eigenvalue weighted by molar-refractivity contribution is 5.97. The number of hydrogen-bond donors (Lipinski definition) is 1. The number of hydrogen-bond acceptors (Lipinski definition) is 5. The van der Waals surface area contributed by atoms with Gasteiger partial charge in [-0.1, -0.05) is 18.2 Å². The molecule has 1 aliphatic heterocycles. The van der Waals surface area contributed by atoms with E-state index in [2.05, 4.69) is 10.4 Å². The number of Topliss-reactive ketones (excluding diaryl/α,β-unsaturated/α-hetero) is 1. The maximum atomic E-state index is 13.6. The number of carbonyl (C=O) groups excluding carboxylic acids is 2. The van der Waals surface area contributed by atoms with Crippen LogP contribution in [0.25, 0.3) is 5.69 Å². The molecule has 0 unspecified atom stereocenters. The van der Waals surface area contributed by atoms with Gasteiger partial charge in [0.2, 0.25) is 5.91 Å². The molecule has 0 saturated carbocycles. The lowest BCUT2D eigenvalue weighted by molar-refractivity contribution is -0.120. The minimum absolute atomic E-state index is 0.0542. The molecule has 0 atom stereocenters. The quantitative estimate of drug-likeness (QED) is 0.622. The topological polar surface area (TPSA) is 84.3 Å². The van der Waals surface area contributed by atoms with Crippen LogP contribution in [-0.4, -0.2) is 34.6 Å². The molecule has 1 amide bonds. The van der Waals surface area contributed by atoms with Crippen LogP contribution in [0.2, 0.25) is 0 Å². The molecule has 164 valence electrons. The van der Waals surface area contributed by atoms with Gasteiger partial charge in [0.15, 0.2) is 5.78 Å². The molecule has 4 rings (SSSR count). The van der Waals surface area contributed by atoms with Crippen molar-refractivity contribution in [2.24, 2.45) is 5.92 Å². The second-order valence-corrected chi connectivity index (χ2v) is 7.81. The maximum absolute atomic E-state index is 13.6. The summed E-state index contributed by atoms with van der Waals surface area (Å²) in [6.45, 7) is 2.68. The summed E-state index contributed by atoms with van der Waals surface area (Å²) in [5.41, 5.74) is 1.17. The molecule has 1 aliphatic rings. The Labute approximate surface area is 184 Å². The fourth-order valence-electron chi connectivity index (χ4n) is 3.79. The summed E-state index contributed by atoms with van der Waals surface area (Å²) in [6, 6.07) is 15.7. The van der Waals surface area contributed by atoms with Crippen LogP contribution in [-0.2, 0) is 4.79 Å². The third-order valence-corrected chi connectivity index (χ3v) is 5.57. The number of nitrogens with zero attached hydrogens (tertiary/aromatic N) is 3. The number of benzene rings is 2. The number of carbonyl (C=O) groups is 2. The van der Waals surface area contributed by atoms with Gasteiger partial charge in [-0.3, -0.25) is 14.4 Å². The average Bonchev–Trinajstić information content (AvgIpc) is 2.79. The lowest BCUT2D eigenvalue weighted by Gasteiger charge is -2.32. The van der Waals surface area contributed by atoms with Gasteiger partial charge in [-0.05, 0) is 56.2 Å². The summed E-state index contributed by atoms with van der Waals surface area (Å²) in [6.07, 6.45) is 1.25. The molecule has 0 spiro atoms. The number of piperidine rings is 1. The minimum Gasteiger partial charge on any atom is -0.355 e. The Hall–Kier alpha value is -3.81. The highest BCUT2D eigenvalue weighted by Crippen LogP contribution is 2.23. The molecule has 1 saturated heterocycles. The zero-order valence-electron chi connectivity index (χ0n) is 17.6. The number of ketones is 1. The van der Waals surface area contributed by atoms with Crippen molar-refractivity contribution in [3.8, 4) is 5.69 Å². The van der Waals surface area contributed by atoms with Gasteiger partial charge >= 0.3 is 0 Å². The highest BCUT2D eigenvalue weighted by Gasteiger charge is 2.26. The van der Waals surface area contributed by atoms with E-state index in [-0.39, 0.29) is 23.2 Å². The molecule has 0 radical (unpaired) electrons. The van der Waals surface area contributed by atoms with E-state index >= 15 is 0 Å². The van der Waals surface area contributed by atoms with E-state index in [1.54, 1.807) is 36.4 Å². The second-order valence-electron chi connectivity index (χ2n) is 7.81. The van der Waals surface area contributed by atoms with Gasteiger partial charge in [-0.2, -0.15) is 4.68 Å². The normalized spacial score (nSPS) is 14.2. The van der Waals surface area contributed by atoms with Crippen molar-refractivity contribution in [3.05, 3.63) is 82.4 Å². The Morgan fingerprint density at radius 2 is 1.78 bits per heavy atom. The summed E-state index contributed by atoms with van der Waals surface area (Å²) in [7, 11) is 0. The number of nitrogens with one attached hydrogen (secondary N) is 1. The van der Waals surface area contributed by atoms with E-state index in [1.165, 1.54) is 35.9 Å². The van der Waals surface area contributed by atoms with E-state index in [4.69, 9.17) is 0 Å². The SMILES string of the molecule is CC(=O)c1cccc(NC(=O)C2CCN(c3ccc(=O)n(-c4cccc(F)c4)n3)CC2)c1. The number of amides is 1. The summed E-state index contributed by atoms with van der Waals surface area (Å²) in [5.74, 6) is -0.143. The van der Waals surface area contributed by atoms with Crippen LogP contribution in [0.3, 0.4) is 0 Å². The Morgan fingerprint density at radius 3 is 2.50 bits per heavy atom. The number of anilines is 2. The van der Waals surface area contributed by atoms with Crippen molar-refractivity contribution in [1.29, 1.82) is 0 Å². The number of halogens is 1. The Morgan fingerprint density at radius 1 is 1.03 bits per heavy atom. The summed E-state index contributed by atoms with van der Waals surface area (Å²) in [4.78, 5) is 38.5. The van der Waals surface area contributed by atoms with Crippen molar-refractivity contribution in [3.63, 3.8) is 0 Å².